The van der Waals surface area contributed by atoms with Gasteiger partial charge in [0.05, 0.1) is 0 Å². The fourth-order valence-corrected chi connectivity index (χ4v) is 1.23. The van der Waals surface area contributed by atoms with Crippen molar-refractivity contribution in [1.29, 1.82) is 0 Å². The van der Waals surface area contributed by atoms with Gasteiger partial charge in [-0.25, -0.2) is 0 Å². The summed E-state index contributed by atoms with van der Waals surface area (Å²) in [6.07, 6.45) is 0.921. The monoisotopic (exact) mass is 151 g/mol. The van der Waals surface area contributed by atoms with E-state index in [1.807, 2.05) is 19.1 Å². The first kappa shape index (κ1) is 8.05. The molecule has 0 amide bonds. The third-order valence-electron chi connectivity index (χ3n) is 1.82. The van der Waals surface area contributed by atoms with Crippen molar-refractivity contribution in [2.24, 2.45) is 0 Å². The zero-order valence-corrected chi connectivity index (χ0v) is 7.00. The first-order valence-corrected chi connectivity index (χ1v) is 3.98. The van der Waals surface area contributed by atoms with Gasteiger partial charge in [0.25, 0.3) is 5.56 Å². The largest absolute Gasteiger partial charge is 0.313 e. The van der Waals surface area contributed by atoms with Crippen molar-refractivity contribution in [3.05, 3.63) is 34.2 Å². The topological polar surface area (TPSA) is 22.0 Å². The molecular weight excluding hydrogens is 138 g/mol. The molecule has 0 radical (unpaired) electrons. The molecule has 0 fully saturated rings. The smallest absolute Gasteiger partial charge is 0.250 e. The summed E-state index contributed by atoms with van der Waals surface area (Å²) in [4.78, 5) is 11.2. The molecule has 0 aliphatic heterocycles. The van der Waals surface area contributed by atoms with Crippen LogP contribution in [0.4, 0.5) is 0 Å². The average Bonchev–Trinajstić information content (AvgIpc) is 2.04. The van der Waals surface area contributed by atoms with Gasteiger partial charge in [-0.15, -0.1) is 0 Å². The van der Waals surface area contributed by atoms with Crippen LogP contribution in [0.25, 0.3) is 0 Å². The molecule has 1 aromatic rings. The van der Waals surface area contributed by atoms with Gasteiger partial charge in [-0.2, -0.15) is 0 Å². The van der Waals surface area contributed by atoms with Crippen LogP contribution < -0.4 is 5.56 Å². The number of aryl methyl sites for hydroxylation is 1. The van der Waals surface area contributed by atoms with Crippen LogP contribution >= 0.6 is 0 Å². The average molecular weight is 151 g/mol. The molecule has 0 unspecified atom stereocenters. The van der Waals surface area contributed by atoms with Crippen molar-refractivity contribution in [1.82, 2.24) is 4.57 Å². The van der Waals surface area contributed by atoms with Gasteiger partial charge in [0.2, 0.25) is 0 Å². The predicted octanol–water partition coefficient (Wildman–Crippen LogP) is 1.43. The van der Waals surface area contributed by atoms with Crippen LogP contribution in [0, 0.1) is 0 Å². The summed E-state index contributed by atoms with van der Waals surface area (Å²) in [5.41, 5.74) is 1.21. The number of aromatic nitrogens is 1. The van der Waals surface area contributed by atoms with Crippen molar-refractivity contribution in [3.8, 4) is 0 Å². The Bertz CT molecular complexity index is 288. The van der Waals surface area contributed by atoms with Gasteiger partial charge in [0, 0.05) is 18.3 Å². The Balaban J connectivity index is 3.24. The third kappa shape index (κ3) is 1.50. The van der Waals surface area contributed by atoms with Crippen molar-refractivity contribution in [3.63, 3.8) is 0 Å². The number of pyridine rings is 1. The van der Waals surface area contributed by atoms with Gasteiger partial charge in [-0.1, -0.05) is 13.0 Å². The van der Waals surface area contributed by atoms with Crippen molar-refractivity contribution in [2.75, 3.05) is 0 Å². The number of rotatable bonds is 2. The molecule has 0 N–H and O–H groups in total. The molecule has 0 bridgehead atoms. The Morgan fingerprint density at radius 1 is 1.36 bits per heavy atom. The highest BCUT2D eigenvalue weighted by molar-refractivity contribution is 5.06. The highest BCUT2D eigenvalue weighted by Gasteiger charge is 1.96. The quantitative estimate of drug-likeness (QED) is 0.626. The lowest BCUT2D eigenvalue weighted by molar-refractivity contribution is 0.681. The van der Waals surface area contributed by atoms with Gasteiger partial charge < -0.3 is 4.57 Å². The van der Waals surface area contributed by atoms with E-state index in [0.29, 0.717) is 0 Å². The third-order valence-corrected chi connectivity index (χ3v) is 1.82. The SMILES string of the molecule is CCc1cccc(=O)n1CC. The molecule has 2 nitrogen and oxygen atoms in total. The molecule has 0 saturated heterocycles. The molecule has 1 rings (SSSR count). The Morgan fingerprint density at radius 2 is 2.09 bits per heavy atom. The molecule has 0 spiro atoms. The number of hydrogen-bond acceptors (Lipinski definition) is 1. The normalized spacial score (nSPS) is 10.0. The highest BCUT2D eigenvalue weighted by Crippen LogP contribution is 1.96. The Labute approximate surface area is 66.5 Å². The van der Waals surface area contributed by atoms with Gasteiger partial charge in [0.15, 0.2) is 0 Å². The molecule has 1 heterocycles. The molecule has 0 saturated carbocycles. The lowest BCUT2D eigenvalue weighted by Gasteiger charge is -2.06. The second-order valence-corrected chi connectivity index (χ2v) is 2.45. The van der Waals surface area contributed by atoms with E-state index in [1.165, 1.54) is 0 Å². The van der Waals surface area contributed by atoms with E-state index >= 15 is 0 Å². The van der Waals surface area contributed by atoms with E-state index in [-0.39, 0.29) is 5.56 Å². The molecular formula is C9H13NO. The summed E-state index contributed by atoms with van der Waals surface area (Å²) >= 11 is 0. The standard InChI is InChI=1S/C9H13NO/c1-3-8-6-5-7-9(11)10(8)4-2/h5-7H,3-4H2,1-2H3. The first-order valence-electron chi connectivity index (χ1n) is 3.98. The molecule has 11 heavy (non-hydrogen) atoms. The van der Waals surface area contributed by atoms with E-state index in [2.05, 4.69) is 6.92 Å². The van der Waals surface area contributed by atoms with Crippen molar-refractivity contribution >= 4 is 0 Å². The van der Waals surface area contributed by atoms with E-state index < -0.39 is 0 Å². The molecule has 0 aromatic carbocycles. The molecule has 0 aliphatic rings. The summed E-state index contributed by atoms with van der Waals surface area (Å²) in [6, 6.07) is 5.40. The number of hydrogen-bond donors (Lipinski definition) is 0. The highest BCUT2D eigenvalue weighted by atomic mass is 16.1. The minimum absolute atomic E-state index is 0.104. The predicted molar refractivity (Wildman–Crippen MR) is 45.8 cm³/mol. The van der Waals surface area contributed by atoms with Gasteiger partial charge >= 0.3 is 0 Å². The number of nitrogens with zero attached hydrogens (tertiary/aromatic N) is 1. The van der Waals surface area contributed by atoms with Crippen LogP contribution in [0.2, 0.25) is 0 Å². The maximum absolute atomic E-state index is 11.2. The fourth-order valence-electron chi connectivity index (χ4n) is 1.23. The summed E-state index contributed by atoms with van der Waals surface area (Å²) in [7, 11) is 0. The van der Waals surface area contributed by atoms with E-state index in [0.717, 1.165) is 18.7 Å². The summed E-state index contributed by atoms with van der Waals surface area (Å²) in [5.74, 6) is 0. The molecule has 2 heteroatoms. The van der Waals surface area contributed by atoms with Crippen LogP contribution in [0.1, 0.15) is 19.5 Å². The van der Waals surface area contributed by atoms with E-state index in [9.17, 15) is 4.79 Å². The Hall–Kier alpha value is -1.05. The van der Waals surface area contributed by atoms with Crippen LogP contribution in [0.5, 0.6) is 0 Å². The molecule has 0 atom stereocenters. The fraction of sp³-hybridized carbons (Fsp3) is 0.444. The van der Waals surface area contributed by atoms with Gasteiger partial charge in [-0.3, -0.25) is 4.79 Å². The maximum atomic E-state index is 11.2. The van der Waals surface area contributed by atoms with Crippen LogP contribution in [-0.2, 0) is 13.0 Å². The maximum Gasteiger partial charge on any atom is 0.250 e. The Kier molecular flexibility index (Phi) is 2.47. The summed E-state index contributed by atoms with van der Waals surface area (Å²) in [5, 5.41) is 0. The van der Waals surface area contributed by atoms with Crippen LogP contribution in [0.3, 0.4) is 0 Å². The summed E-state index contributed by atoms with van der Waals surface area (Å²) in [6.45, 7) is 4.81. The van der Waals surface area contributed by atoms with Crippen LogP contribution in [0.15, 0.2) is 23.0 Å². The minimum Gasteiger partial charge on any atom is -0.313 e. The van der Waals surface area contributed by atoms with Crippen molar-refractivity contribution < 1.29 is 0 Å². The summed E-state index contributed by atoms with van der Waals surface area (Å²) < 4.78 is 1.79. The van der Waals surface area contributed by atoms with E-state index in [1.54, 1.807) is 10.6 Å². The zero-order chi connectivity index (χ0) is 8.27. The zero-order valence-electron chi connectivity index (χ0n) is 7.00. The van der Waals surface area contributed by atoms with E-state index in [4.69, 9.17) is 0 Å². The van der Waals surface area contributed by atoms with Crippen molar-refractivity contribution in [2.45, 2.75) is 26.8 Å². The lowest BCUT2D eigenvalue weighted by Crippen LogP contribution is -2.20. The minimum atomic E-state index is 0.104. The second kappa shape index (κ2) is 3.37. The van der Waals surface area contributed by atoms with Crippen LogP contribution in [-0.4, -0.2) is 4.57 Å². The second-order valence-electron chi connectivity index (χ2n) is 2.45. The molecule has 1 aromatic heterocycles. The molecule has 0 aliphatic carbocycles. The van der Waals surface area contributed by atoms with Gasteiger partial charge in [-0.05, 0) is 19.4 Å². The van der Waals surface area contributed by atoms with Gasteiger partial charge in [0.1, 0.15) is 0 Å². The molecule has 60 valence electrons. The lowest BCUT2D eigenvalue weighted by atomic mass is 10.3. The Morgan fingerprint density at radius 3 is 2.55 bits per heavy atom. The first-order chi connectivity index (χ1) is 5.29.